The minimum atomic E-state index is -4.76. The van der Waals surface area contributed by atoms with Gasteiger partial charge in [0.05, 0.1) is 18.2 Å². The van der Waals surface area contributed by atoms with Gasteiger partial charge in [0.1, 0.15) is 5.82 Å². The molecule has 2 aromatic carbocycles. The Labute approximate surface area is 118 Å². The van der Waals surface area contributed by atoms with Crippen LogP contribution in [0.1, 0.15) is 15.9 Å². The third-order valence-corrected chi connectivity index (χ3v) is 2.92. The number of halogens is 4. The van der Waals surface area contributed by atoms with Gasteiger partial charge in [0, 0.05) is 5.56 Å². The number of hydrogen-bond donors (Lipinski definition) is 0. The van der Waals surface area contributed by atoms with Crippen molar-refractivity contribution in [3.63, 3.8) is 0 Å². The van der Waals surface area contributed by atoms with Gasteiger partial charge >= 0.3 is 12.1 Å². The van der Waals surface area contributed by atoms with Gasteiger partial charge in [-0.3, -0.25) is 0 Å². The van der Waals surface area contributed by atoms with Crippen LogP contribution in [0.5, 0.6) is 0 Å². The highest BCUT2D eigenvalue weighted by Crippen LogP contribution is 2.35. The average Bonchev–Trinajstić information content (AvgIpc) is 2.45. The molecule has 2 rings (SSSR count). The molecular weight excluding hydrogens is 288 g/mol. The molecular formula is C15H10F4O2. The van der Waals surface area contributed by atoms with E-state index < -0.39 is 23.5 Å². The monoisotopic (exact) mass is 298 g/mol. The molecule has 0 saturated carbocycles. The first-order chi connectivity index (χ1) is 9.84. The topological polar surface area (TPSA) is 26.3 Å². The number of benzene rings is 2. The van der Waals surface area contributed by atoms with E-state index in [1.165, 1.54) is 37.4 Å². The molecule has 0 bridgehead atoms. The van der Waals surface area contributed by atoms with E-state index in [9.17, 15) is 22.4 Å². The number of rotatable bonds is 2. The molecule has 21 heavy (non-hydrogen) atoms. The van der Waals surface area contributed by atoms with Crippen LogP contribution in [0, 0.1) is 5.82 Å². The van der Waals surface area contributed by atoms with Crippen molar-refractivity contribution in [2.24, 2.45) is 0 Å². The van der Waals surface area contributed by atoms with Crippen LogP contribution in [-0.2, 0) is 10.9 Å². The molecule has 0 atom stereocenters. The van der Waals surface area contributed by atoms with Gasteiger partial charge in [0.15, 0.2) is 0 Å². The molecule has 0 heterocycles. The number of methoxy groups -OCH3 is 1. The Hall–Kier alpha value is -2.37. The van der Waals surface area contributed by atoms with Gasteiger partial charge in [-0.1, -0.05) is 24.3 Å². The van der Waals surface area contributed by atoms with E-state index in [2.05, 4.69) is 4.74 Å². The molecule has 110 valence electrons. The van der Waals surface area contributed by atoms with E-state index in [1.54, 1.807) is 0 Å². The van der Waals surface area contributed by atoms with Crippen molar-refractivity contribution >= 4 is 5.97 Å². The van der Waals surface area contributed by atoms with Crippen molar-refractivity contribution in [3.8, 4) is 11.1 Å². The molecule has 0 radical (unpaired) electrons. The second kappa shape index (κ2) is 5.55. The Morgan fingerprint density at radius 1 is 1.05 bits per heavy atom. The standard InChI is InChI=1S/C15H10F4O2/c1-21-14(20)10-7-5-9(6-8-10)11-3-2-4-12(13(11)16)15(17,18)19/h2-8H,1H3. The average molecular weight is 298 g/mol. The maximum atomic E-state index is 14.0. The summed E-state index contributed by atoms with van der Waals surface area (Å²) in [5.74, 6) is -1.91. The first-order valence-corrected chi connectivity index (χ1v) is 5.89. The van der Waals surface area contributed by atoms with Crippen LogP contribution in [0.3, 0.4) is 0 Å². The van der Waals surface area contributed by atoms with Gasteiger partial charge in [-0.25, -0.2) is 9.18 Å². The molecule has 0 unspecified atom stereocenters. The number of carbonyl (C=O) groups excluding carboxylic acids is 1. The van der Waals surface area contributed by atoms with Crippen LogP contribution < -0.4 is 0 Å². The third kappa shape index (κ3) is 3.04. The fraction of sp³-hybridized carbons (Fsp3) is 0.133. The highest BCUT2D eigenvalue weighted by molar-refractivity contribution is 5.90. The smallest absolute Gasteiger partial charge is 0.419 e. The van der Waals surface area contributed by atoms with Crippen LogP contribution in [0.15, 0.2) is 42.5 Å². The normalized spacial score (nSPS) is 11.3. The van der Waals surface area contributed by atoms with Gasteiger partial charge in [0.25, 0.3) is 0 Å². The summed E-state index contributed by atoms with van der Waals surface area (Å²) in [4.78, 5) is 11.3. The molecule has 2 nitrogen and oxygen atoms in total. The lowest BCUT2D eigenvalue weighted by Gasteiger charge is -2.11. The fourth-order valence-electron chi connectivity index (χ4n) is 1.88. The molecule has 0 saturated heterocycles. The van der Waals surface area contributed by atoms with E-state index in [4.69, 9.17) is 0 Å². The fourth-order valence-corrected chi connectivity index (χ4v) is 1.88. The molecule has 0 fully saturated rings. The van der Waals surface area contributed by atoms with Crippen LogP contribution in [0.2, 0.25) is 0 Å². The Kier molecular flexibility index (Phi) is 3.97. The summed E-state index contributed by atoms with van der Waals surface area (Å²) in [6, 6.07) is 8.52. The molecule has 0 aliphatic heterocycles. The van der Waals surface area contributed by atoms with Crippen molar-refractivity contribution in [1.82, 2.24) is 0 Å². The van der Waals surface area contributed by atoms with Crippen LogP contribution in [0.25, 0.3) is 11.1 Å². The molecule has 0 aliphatic carbocycles. The second-order valence-electron chi connectivity index (χ2n) is 4.23. The maximum Gasteiger partial charge on any atom is 0.419 e. The van der Waals surface area contributed by atoms with E-state index in [0.29, 0.717) is 6.07 Å². The molecule has 0 spiro atoms. The van der Waals surface area contributed by atoms with Crippen molar-refractivity contribution < 1.29 is 27.1 Å². The number of esters is 1. The number of ether oxygens (including phenoxy) is 1. The van der Waals surface area contributed by atoms with Gasteiger partial charge in [0.2, 0.25) is 0 Å². The lowest BCUT2D eigenvalue weighted by atomic mass is 10.0. The molecule has 2 aromatic rings. The first-order valence-electron chi connectivity index (χ1n) is 5.89. The summed E-state index contributed by atoms with van der Waals surface area (Å²) < 4.78 is 56.5. The zero-order chi connectivity index (χ0) is 15.6. The second-order valence-corrected chi connectivity index (χ2v) is 4.23. The summed E-state index contributed by atoms with van der Waals surface area (Å²) in [5.41, 5.74) is -1.03. The summed E-state index contributed by atoms with van der Waals surface area (Å²) in [6.45, 7) is 0. The number of carbonyl (C=O) groups is 1. The Balaban J connectivity index is 2.46. The molecule has 0 aliphatic rings. The predicted molar refractivity (Wildman–Crippen MR) is 68.2 cm³/mol. The minimum absolute atomic E-state index is 0.179. The zero-order valence-corrected chi connectivity index (χ0v) is 10.9. The molecule has 0 aromatic heterocycles. The van der Waals surface area contributed by atoms with Crippen LogP contribution >= 0.6 is 0 Å². The SMILES string of the molecule is COC(=O)c1ccc(-c2cccc(C(F)(F)F)c2F)cc1. The summed E-state index contributed by atoms with van der Waals surface area (Å²) in [7, 11) is 1.21. The lowest BCUT2D eigenvalue weighted by molar-refractivity contribution is -0.139. The van der Waals surface area contributed by atoms with E-state index in [0.717, 1.165) is 6.07 Å². The predicted octanol–water partition coefficient (Wildman–Crippen LogP) is 4.30. The summed E-state index contributed by atoms with van der Waals surface area (Å²) in [5, 5.41) is 0. The number of hydrogen-bond acceptors (Lipinski definition) is 2. The van der Waals surface area contributed by atoms with Gasteiger partial charge in [-0.05, 0) is 23.8 Å². The Bertz CT molecular complexity index is 660. The van der Waals surface area contributed by atoms with E-state index in [1.807, 2.05) is 0 Å². The lowest BCUT2D eigenvalue weighted by Crippen LogP contribution is -2.08. The summed E-state index contributed by atoms with van der Waals surface area (Å²) >= 11 is 0. The summed E-state index contributed by atoms with van der Waals surface area (Å²) in [6.07, 6.45) is -4.76. The highest BCUT2D eigenvalue weighted by atomic mass is 19.4. The van der Waals surface area contributed by atoms with Gasteiger partial charge in [-0.15, -0.1) is 0 Å². The van der Waals surface area contributed by atoms with Crippen molar-refractivity contribution in [2.45, 2.75) is 6.18 Å². The Morgan fingerprint density at radius 3 is 2.19 bits per heavy atom. The third-order valence-electron chi connectivity index (χ3n) is 2.92. The van der Waals surface area contributed by atoms with Crippen molar-refractivity contribution in [3.05, 3.63) is 59.4 Å². The largest absolute Gasteiger partial charge is 0.465 e. The van der Waals surface area contributed by atoms with Crippen molar-refractivity contribution in [1.29, 1.82) is 0 Å². The molecule has 0 N–H and O–H groups in total. The van der Waals surface area contributed by atoms with Crippen molar-refractivity contribution in [2.75, 3.05) is 7.11 Å². The maximum absolute atomic E-state index is 14.0. The van der Waals surface area contributed by atoms with Crippen LogP contribution in [-0.4, -0.2) is 13.1 Å². The van der Waals surface area contributed by atoms with Crippen LogP contribution in [0.4, 0.5) is 17.6 Å². The van der Waals surface area contributed by atoms with Gasteiger partial charge in [-0.2, -0.15) is 13.2 Å². The zero-order valence-electron chi connectivity index (χ0n) is 10.9. The minimum Gasteiger partial charge on any atom is -0.465 e. The Morgan fingerprint density at radius 2 is 1.67 bits per heavy atom. The molecule has 6 heteroatoms. The van der Waals surface area contributed by atoms with Gasteiger partial charge < -0.3 is 4.74 Å². The number of alkyl halides is 3. The quantitative estimate of drug-likeness (QED) is 0.610. The highest BCUT2D eigenvalue weighted by Gasteiger charge is 2.34. The van der Waals surface area contributed by atoms with E-state index in [-0.39, 0.29) is 16.7 Å². The van der Waals surface area contributed by atoms with E-state index >= 15 is 0 Å². The first kappa shape index (κ1) is 15.0. The molecule has 0 amide bonds.